The Morgan fingerprint density at radius 2 is 1.59 bits per heavy atom. The third-order valence-corrected chi connectivity index (χ3v) is 5.95. The van der Waals surface area contributed by atoms with Gasteiger partial charge in [0.2, 0.25) is 0 Å². The molecule has 0 saturated carbocycles. The lowest BCUT2D eigenvalue weighted by molar-refractivity contribution is 0.213. The fourth-order valence-corrected chi connectivity index (χ4v) is 4.32. The molecule has 3 heterocycles. The van der Waals surface area contributed by atoms with E-state index in [1.165, 1.54) is 30.4 Å². The van der Waals surface area contributed by atoms with E-state index in [2.05, 4.69) is 67.1 Å². The minimum atomic E-state index is 0.815. The number of hydrogen-bond acceptors (Lipinski definition) is 5. The summed E-state index contributed by atoms with van der Waals surface area (Å²) in [6.07, 6.45) is 7.60. The number of nitrogens with zero attached hydrogens (tertiary/aromatic N) is 5. The van der Waals surface area contributed by atoms with Gasteiger partial charge in [-0.25, -0.2) is 0 Å². The Bertz CT molecular complexity index is 828. The molecule has 0 bridgehead atoms. The SMILES string of the molecule is c1ccc(Cn2c(CN3CCCCC3)nnc2SCc2ccncc2)cc1. The predicted octanol–water partition coefficient (Wildman–Crippen LogP) is 4.00. The summed E-state index contributed by atoms with van der Waals surface area (Å²) in [5.41, 5.74) is 2.53. The van der Waals surface area contributed by atoms with E-state index in [0.717, 1.165) is 42.9 Å². The first-order valence-electron chi connectivity index (χ1n) is 9.58. The van der Waals surface area contributed by atoms with Gasteiger partial charge in [0.1, 0.15) is 5.82 Å². The van der Waals surface area contributed by atoms with E-state index in [1.807, 2.05) is 12.4 Å². The zero-order chi connectivity index (χ0) is 18.3. The molecule has 5 nitrogen and oxygen atoms in total. The zero-order valence-electron chi connectivity index (χ0n) is 15.5. The van der Waals surface area contributed by atoms with Crippen LogP contribution in [0.5, 0.6) is 0 Å². The molecule has 6 heteroatoms. The quantitative estimate of drug-likeness (QED) is 0.581. The first-order valence-corrected chi connectivity index (χ1v) is 10.6. The van der Waals surface area contributed by atoms with Gasteiger partial charge in [0.05, 0.1) is 13.1 Å². The van der Waals surface area contributed by atoms with Gasteiger partial charge in [-0.15, -0.1) is 10.2 Å². The van der Waals surface area contributed by atoms with Gasteiger partial charge >= 0.3 is 0 Å². The Morgan fingerprint density at radius 1 is 0.815 bits per heavy atom. The van der Waals surface area contributed by atoms with Crippen molar-refractivity contribution in [1.82, 2.24) is 24.6 Å². The molecule has 0 atom stereocenters. The molecule has 1 saturated heterocycles. The fraction of sp³-hybridized carbons (Fsp3) is 0.381. The van der Waals surface area contributed by atoms with E-state index in [9.17, 15) is 0 Å². The standard InChI is InChI=1S/C21H25N5S/c1-3-7-18(8-4-1)15-26-20(16-25-13-5-2-6-14-25)23-24-21(26)27-17-19-9-11-22-12-10-19/h1,3-4,7-12H,2,5-6,13-17H2. The Hall–Kier alpha value is -2.18. The molecule has 4 rings (SSSR count). The van der Waals surface area contributed by atoms with Crippen LogP contribution in [0.4, 0.5) is 0 Å². The highest BCUT2D eigenvalue weighted by Crippen LogP contribution is 2.24. The minimum absolute atomic E-state index is 0.815. The Balaban J connectivity index is 1.53. The fourth-order valence-electron chi connectivity index (χ4n) is 3.41. The van der Waals surface area contributed by atoms with Crippen LogP contribution < -0.4 is 0 Å². The van der Waals surface area contributed by atoms with E-state index in [-0.39, 0.29) is 0 Å². The Labute approximate surface area is 164 Å². The smallest absolute Gasteiger partial charge is 0.191 e. The highest BCUT2D eigenvalue weighted by Gasteiger charge is 2.18. The van der Waals surface area contributed by atoms with E-state index in [0.29, 0.717) is 0 Å². The largest absolute Gasteiger partial charge is 0.300 e. The van der Waals surface area contributed by atoms with Gasteiger partial charge < -0.3 is 4.57 Å². The summed E-state index contributed by atoms with van der Waals surface area (Å²) < 4.78 is 2.29. The third-order valence-electron chi connectivity index (χ3n) is 4.91. The summed E-state index contributed by atoms with van der Waals surface area (Å²) >= 11 is 1.75. The van der Waals surface area contributed by atoms with Gasteiger partial charge in [-0.05, 0) is 49.2 Å². The van der Waals surface area contributed by atoms with Crippen molar-refractivity contribution in [3.8, 4) is 0 Å². The number of likely N-dealkylation sites (tertiary alicyclic amines) is 1. The Kier molecular flexibility index (Phi) is 6.17. The van der Waals surface area contributed by atoms with Crippen LogP contribution in [0.15, 0.2) is 60.0 Å². The zero-order valence-corrected chi connectivity index (χ0v) is 16.3. The summed E-state index contributed by atoms with van der Waals surface area (Å²) in [6.45, 7) is 4.03. The van der Waals surface area contributed by atoms with Crippen molar-refractivity contribution in [3.05, 3.63) is 71.8 Å². The highest BCUT2D eigenvalue weighted by atomic mass is 32.2. The van der Waals surface area contributed by atoms with Crippen LogP contribution in [0.1, 0.15) is 36.2 Å². The van der Waals surface area contributed by atoms with Crippen molar-refractivity contribution in [1.29, 1.82) is 0 Å². The van der Waals surface area contributed by atoms with Crippen LogP contribution in [0.3, 0.4) is 0 Å². The molecule has 0 spiro atoms. The van der Waals surface area contributed by atoms with E-state index in [4.69, 9.17) is 0 Å². The third kappa shape index (κ3) is 4.96. The van der Waals surface area contributed by atoms with Gasteiger partial charge in [0.15, 0.2) is 5.16 Å². The van der Waals surface area contributed by atoms with Crippen LogP contribution >= 0.6 is 11.8 Å². The molecule has 2 aromatic heterocycles. The number of rotatable bonds is 7. The Morgan fingerprint density at radius 3 is 2.37 bits per heavy atom. The van der Waals surface area contributed by atoms with Crippen molar-refractivity contribution in [2.24, 2.45) is 0 Å². The summed E-state index contributed by atoms with van der Waals surface area (Å²) in [5, 5.41) is 10.1. The average molecular weight is 380 g/mol. The molecule has 27 heavy (non-hydrogen) atoms. The van der Waals surface area contributed by atoms with E-state index < -0.39 is 0 Å². The molecule has 0 amide bonds. The van der Waals surface area contributed by atoms with E-state index in [1.54, 1.807) is 11.8 Å². The first kappa shape index (κ1) is 18.2. The van der Waals surface area contributed by atoms with Crippen molar-refractivity contribution in [3.63, 3.8) is 0 Å². The van der Waals surface area contributed by atoms with Gasteiger partial charge in [-0.3, -0.25) is 9.88 Å². The normalized spacial score (nSPS) is 15.1. The second-order valence-corrected chi connectivity index (χ2v) is 7.89. The summed E-state index contributed by atoms with van der Waals surface area (Å²) in [7, 11) is 0. The molecule has 0 aliphatic carbocycles. The summed E-state index contributed by atoms with van der Waals surface area (Å²) in [6, 6.07) is 14.7. The molecule has 0 unspecified atom stereocenters. The lowest BCUT2D eigenvalue weighted by atomic mass is 10.1. The van der Waals surface area contributed by atoms with Gasteiger partial charge in [0, 0.05) is 18.1 Å². The lowest BCUT2D eigenvalue weighted by Crippen LogP contribution is -2.30. The lowest BCUT2D eigenvalue weighted by Gasteiger charge is -2.26. The van der Waals surface area contributed by atoms with Gasteiger partial charge in [0.25, 0.3) is 0 Å². The second kappa shape index (κ2) is 9.15. The molecular formula is C21H25N5S. The molecule has 0 N–H and O–H groups in total. The van der Waals surface area contributed by atoms with Crippen LogP contribution in [0, 0.1) is 0 Å². The molecule has 1 aromatic carbocycles. The highest BCUT2D eigenvalue weighted by molar-refractivity contribution is 7.98. The molecular weight excluding hydrogens is 354 g/mol. The van der Waals surface area contributed by atoms with Gasteiger partial charge in [-0.1, -0.05) is 48.5 Å². The van der Waals surface area contributed by atoms with Crippen LogP contribution in [0.2, 0.25) is 0 Å². The molecule has 1 fully saturated rings. The molecule has 140 valence electrons. The number of pyridine rings is 1. The van der Waals surface area contributed by atoms with Gasteiger partial charge in [-0.2, -0.15) is 0 Å². The summed E-state index contributed by atoms with van der Waals surface area (Å²) in [5.74, 6) is 1.94. The maximum absolute atomic E-state index is 4.56. The minimum Gasteiger partial charge on any atom is -0.300 e. The van der Waals surface area contributed by atoms with Crippen molar-refractivity contribution in [2.75, 3.05) is 13.1 Å². The number of piperidine rings is 1. The number of hydrogen-bond donors (Lipinski definition) is 0. The molecule has 1 aliphatic heterocycles. The van der Waals surface area contributed by atoms with E-state index >= 15 is 0 Å². The molecule has 3 aromatic rings. The maximum Gasteiger partial charge on any atom is 0.191 e. The second-order valence-electron chi connectivity index (χ2n) is 6.95. The number of thioether (sulfide) groups is 1. The molecule has 0 radical (unpaired) electrons. The number of aromatic nitrogens is 4. The summed E-state index contributed by atoms with van der Waals surface area (Å²) in [4.78, 5) is 6.60. The monoisotopic (exact) mass is 379 g/mol. The van der Waals surface area contributed by atoms with Crippen LogP contribution in [-0.2, 0) is 18.8 Å². The topological polar surface area (TPSA) is 46.8 Å². The first-order chi connectivity index (χ1) is 13.4. The van der Waals surface area contributed by atoms with Crippen molar-refractivity contribution < 1.29 is 0 Å². The van der Waals surface area contributed by atoms with Crippen LogP contribution in [-0.4, -0.2) is 37.7 Å². The average Bonchev–Trinajstić information content (AvgIpc) is 3.10. The predicted molar refractivity (Wildman–Crippen MR) is 108 cm³/mol. The van der Waals surface area contributed by atoms with Crippen molar-refractivity contribution >= 4 is 11.8 Å². The van der Waals surface area contributed by atoms with Crippen LogP contribution in [0.25, 0.3) is 0 Å². The maximum atomic E-state index is 4.56. The number of benzene rings is 1. The van der Waals surface area contributed by atoms with Crippen molar-refractivity contribution in [2.45, 2.75) is 43.3 Å². The molecule has 1 aliphatic rings.